The number of aryl methyl sites for hydroxylation is 1. The third-order valence-electron chi connectivity index (χ3n) is 2.36. The van der Waals surface area contributed by atoms with Crippen LogP contribution in [0.15, 0.2) is 0 Å². The second-order valence-electron chi connectivity index (χ2n) is 3.21. The van der Waals surface area contributed by atoms with Crippen LogP contribution < -0.4 is 5.73 Å². The van der Waals surface area contributed by atoms with Gasteiger partial charge in [-0.25, -0.2) is 4.98 Å². The van der Waals surface area contributed by atoms with Crippen molar-refractivity contribution in [1.29, 1.82) is 0 Å². The average molecular weight is 202 g/mol. The van der Waals surface area contributed by atoms with E-state index >= 15 is 0 Å². The zero-order valence-corrected chi connectivity index (χ0v) is 7.96. The lowest BCUT2D eigenvalue weighted by Crippen LogP contribution is -2.15. The predicted octanol–water partition coefficient (Wildman–Crippen LogP) is 0.475. The van der Waals surface area contributed by atoms with Crippen molar-refractivity contribution >= 4 is 11.6 Å². The fourth-order valence-electron chi connectivity index (χ4n) is 1.75. The van der Waals surface area contributed by atoms with Gasteiger partial charge in [0.1, 0.15) is 11.9 Å². The van der Waals surface area contributed by atoms with Gasteiger partial charge in [-0.15, -0.1) is 0 Å². The highest BCUT2D eigenvalue weighted by molar-refractivity contribution is 6.30. The lowest BCUT2D eigenvalue weighted by Gasteiger charge is -2.10. The van der Waals surface area contributed by atoms with Crippen LogP contribution in [0.4, 0.5) is 0 Å². The minimum absolute atomic E-state index is 0.185. The van der Waals surface area contributed by atoms with Crippen LogP contribution in [0.3, 0.4) is 0 Å². The number of aliphatic hydroxyl groups is 1. The lowest BCUT2D eigenvalue weighted by atomic mass is 10.2. The smallest absolute Gasteiger partial charge is 0.153 e. The summed E-state index contributed by atoms with van der Waals surface area (Å²) in [5.74, 6) is 0.965. The molecule has 1 aliphatic rings. The molecule has 0 saturated carbocycles. The number of imidazole rings is 1. The number of hydrogen-bond acceptors (Lipinski definition) is 3. The Hall–Kier alpha value is -0.580. The minimum atomic E-state index is -0.688. The first kappa shape index (κ1) is 8.99. The number of rotatable bonds is 2. The number of hydrogen-bond donors (Lipinski definition) is 2. The van der Waals surface area contributed by atoms with Gasteiger partial charge in [-0.1, -0.05) is 11.6 Å². The summed E-state index contributed by atoms with van der Waals surface area (Å²) in [5.41, 5.74) is 6.05. The van der Waals surface area contributed by atoms with Crippen LogP contribution in [0, 0.1) is 0 Å². The molecule has 0 bridgehead atoms. The number of aliphatic hydroxyl groups excluding tert-OH is 1. The molecular formula is C8H12ClN3O. The van der Waals surface area contributed by atoms with Crippen LogP contribution >= 0.6 is 11.6 Å². The first-order valence-electron chi connectivity index (χ1n) is 4.37. The number of fused-ring (bicyclic) bond motifs is 1. The van der Waals surface area contributed by atoms with Crippen molar-refractivity contribution < 1.29 is 5.11 Å². The largest absolute Gasteiger partial charge is 0.385 e. The quantitative estimate of drug-likeness (QED) is 0.732. The maximum absolute atomic E-state index is 9.59. The third kappa shape index (κ3) is 1.35. The third-order valence-corrected chi connectivity index (χ3v) is 2.64. The van der Waals surface area contributed by atoms with Gasteiger partial charge in [0, 0.05) is 19.5 Å². The Labute approximate surface area is 81.3 Å². The zero-order valence-electron chi connectivity index (χ0n) is 7.20. The summed E-state index contributed by atoms with van der Waals surface area (Å²) in [6.07, 6.45) is 1.33. The van der Waals surface area contributed by atoms with Gasteiger partial charge < -0.3 is 15.4 Å². The molecule has 3 N–H and O–H groups in total. The second-order valence-corrected chi connectivity index (χ2v) is 3.57. The molecule has 72 valence electrons. The molecule has 2 heterocycles. The van der Waals surface area contributed by atoms with Gasteiger partial charge in [0.05, 0.1) is 5.69 Å². The van der Waals surface area contributed by atoms with Gasteiger partial charge in [0.25, 0.3) is 0 Å². The molecule has 1 atom stereocenters. The summed E-state index contributed by atoms with van der Waals surface area (Å²) in [5, 5.41) is 9.99. The molecule has 13 heavy (non-hydrogen) atoms. The normalized spacial score (nSPS) is 17.5. The Balaban J connectivity index is 2.43. The topological polar surface area (TPSA) is 64.1 Å². The highest BCUT2D eigenvalue weighted by Crippen LogP contribution is 2.27. The molecule has 0 aliphatic carbocycles. The molecule has 5 heteroatoms. The van der Waals surface area contributed by atoms with Gasteiger partial charge in [-0.3, -0.25) is 0 Å². The van der Waals surface area contributed by atoms with Crippen LogP contribution in [-0.4, -0.2) is 21.2 Å². The number of aromatic nitrogens is 2. The van der Waals surface area contributed by atoms with E-state index in [9.17, 15) is 5.11 Å². The monoisotopic (exact) mass is 201 g/mol. The Morgan fingerprint density at radius 2 is 2.46 bits per heavy atom. The van der Waals surface area contributed by atoms with Crippen molar-refractivity contribution in [2.75, 3.05) is 6.54 Å². The van der Waals surface area contributed by atoms with Crippen LogP contribution in [0.25, 0.3) is 0 Å². The summed E-state index contributed by atoms with van der Waals surface area (Å²) in [7, 11) is 0. The summed E-state index contributed by atoms with van der Waals surface area (Å²) in [6, 6.07) is 0. The van der Waals surface area contributed by atoms with E-state index in [-0.39, 0.29) is 6.54 Å². The Morgan fingerprint density at radius 1 is 1.69 bits per heavy atom. The van der Waals surface area contributed by atoms with E-state index in [2.05, 4.69) is 4.98 Å². The van der Waals surface area contributed by atoms with Crippen LogP contribution in [-0.2, 0) is 13.0 Å². The van der Waals surface area contributed by atoms with E-state index in [4.69, 9.17) is 17.3 Å². The van der Waals surface area contributed by atoms with Crippen LogP contribution in [0.1, 0.15) is 24.0 Å². The molecule has 0 spiro atoms. The lowest BCUT2D eigenvalue weighted by molar-refractivity contribution is 0.177. The number of nitrogens with zero attached hydrogens (tertiary/aromatic N) is 2. The Morgan fingerprint density at radius 3 is 3.15 bits per heavy atom. The van der Waals surface area contributed by atoms with Gasteiger partial charge in [0.2, 0.25) is 0 Å². The second kappa shape index (κ2) is 3.29. The van der Waals surface area contributed by atoms with E-state index in [1.54, 1.807) is 0 Å². The van der Waals surface area contributed by atoms with Crippen LogP contribution in [0.5, 0.6) is 0 Å². The highest BCUT2D eigenvalue weighted by Gasteiger charge is 2.23. The van der Waals surface area contributed by atoms with E-state index in [0.29, 0.717) is 10.8 Å². The molecule has 0 fully saturated rings. The van der Waals surface area contributed by atoms with Gasteiger partial charge in [-0.05, 0) is 6.42 Å². The Bertz CT molecular complexity index is 323. The zero-order chi connectivity index (χ0) is 9.42. The molecule has 0 radical (unpaired) electrons. The average Bonchev–Trinajstić information content (AvgIpc) is 2.62. The summed E-state index contributed by atoms with van der Waals surface area (Å²) in [4.78, 5) is 4.17. The van der Waals surface area contributed by atoms with Crippen molar-refractivity contribution in [2.24, 2.45) is 5.73 Å². The molecule has 4 nitrogen and oxygen atoms in total. The highest BCUT2D eigenvalue weighted by atomic mass is 35.5. The molecule has 1 unspecified atom stereocenters. The molecule has 2 rings (SSSR count). The molecule has 1 aliphatic heterocycles. The van der Waals surface area contributed by atoms with Crippen LogP contribution in [0.2, 0.25) is 5.15 Å². The molecule has 1 aromatic rings. The van der Waals surface area contributed by atoms with Crippen molar-refractivity contribution in [3.8, 4) is 0 Å². The van der Waals surface area contributed by atoms with Crippen molar-refractivity contribution in [1.82, 2.24) is 9.55 Å². The molecule has 0 aromatic carbocycles. The van der Waals surface area contributed by atoms with E-state index in [1.807, 2.05) is 4.57 Å². The number of nitrogens with two attached hydrogens (primary N) is 1. The number of halogens is 1. The van der Waals surface area contributed by atoms with Crippen molar-refractivity contribution in [3.63, 3.8) is 0 Å². The summed E-state index contributed by atoms with van der Waals surface area (Å²) in [6.45, 7) is 1.08. The minimum Gasteiger partial charge on any atom is -0.385 e. The first-order valence-corrected chi connectivity index (χ1v) is 4.74. The maximum Gasteiger partial charge on any atom is 0.153 e. The van der Waals surface area contributed by atoms with Crippen molar-refractivity contribution in [3.05, 3.63) is 16.7 Å². The first-order chi connectivity index (χ1) is 6.24. The van der Waals surface area contributed by atoms with Gasteiger partial charge in [0.15, 0.2) is 5.15 Å². The molecular weight excluding hydrogens is 190 g/mol. The van der Waals surface area contributed by atoms with Gasteiger partial charge >= 0.3 is 0 Å². The molecule has 1 aromatic heterocycles. The maximum atomic E-state index is 9.59. The van der Waals surface area contributed by atoms with E-state index in [1.165, 1.54) is 0 Å². The van der Waals surface area contributed by atoms with Crippen molar-refractivity contribution in [2.45, 2.75) is 25.5 Å². The van der Waals surface area contributed by atoms with E-state index in [0.717, 1.165) is 25.2 Å². The van der Waals surface area contributed by atoms with Gasteiger partial charge in [-0.2, -0.15) is 0 Å². The van der Waals surface area contributed by atoms with E-state index < -0.39 is 6.10 Å². The standard InChI is InChI=1S/C8H12ClN3O/c9-8-7(5(13)4-10)12-3-1-2-6(12)11-8/h5,13H,1-4,10H2. The fourth-order valence-corrected chi connectivity index (χ4v) is 2.07. The Kier molecular flexibility index (Phi) is 2.27. The SMILES string of the molecule is NCC(O)c1c(Cl)nc2n1CCC2. The molecule has 0 amide bonds. The summed E-state index contributed by atoms with van der Waals surface area (Å²) < 4.78 is 1.97. The predicted molar refractivity (Wildman–Crippen MR) is 49.6 cm³/mol. The fraction of sp³-hybridized carbons (Fsp3) is 0.625. The summed E-state index contributed by atoms with van der Waals surface area (Å²) >= 11 is 5.89. The molecule has 0 saturated heterocycles.